The Hall–Kier alpha value is -0.380. The summed E-state index contributed by atoms with van der Waals surface area (Å²) < 4.78 is 5.16. The zero-order valence-electron chi connectivity index (χ0n) is 10.6. The van der Waals surface area contributed by atoms with E-state index in [0.717, 1.165) is 32.8 Å². The number of rotatable bonds is 7. The van der Waals surface area contributed by atoms with Crippen molar-refractivity contribution in [3.05, 3.63) is 11.1 Å². The molecule has 2 aliphatic rings. The van der Waals surface area contributed by atoms with Gasteiger partial charge >= 0.3 is 0 Å². The van der Waals surface area contributed by atoms with Crippen LogP contribution in [0, 0.1) is 5.41 Å². The fraction of sp³-hybridized carbons (Fsp3) is 0.846. The van der Waals surface area contributed by atoms with Gasteiger partial charge in [-0.1, -0.05) is 5.57 Å². The lowest BCUT2D eigenvalue weighted by atomic mass is 10.0. The molecule has 92 valence electrons. The van der Waals surface area contributed by atoms with Crippen molar-refractivity contribution in [2.45, 2.75) is 26.2 Å². The standard InChI is InChI=1S/C13H24N2O/c1-11(12-8-14-9-12)7-15-10-13(3-4-13)5-6-16-2/h14-15H,3-10H2,1-2H3. The minimum atomic E-state index is 0.568. The second-order valence-corrected chi connectivity index (χ2v) is 5.33. The lowest BCUT2D eigenvalue weighted by molar-refractivity contribution is 0.171. The van der Waals surface area contributed by atoms with Gasteiger partial charge in [0.2, 0.25) is 0 Å². The molecule has 0 aromatic heterocycles. The molecule has 0 aromatic carbocycles. The zero-order valence-corrected chi connectivity index (χ0v) is 10.6. The molecular weight excluding hydrogens is 200 g/mol. The van der Waals surface area contributed by atoms with E-state index in [2.05, 4.69) is 17.6 Å². The average Bonchev–Trinajstić information content (AvgIpc) is 2.93. The quantitative estimate of drug-likeness (QED) is 0.640. The van der Waals surface area contributed by atoms with Crippen molar-refractivity contribution in [2.24, 2.45) is 5.41 Å². The summed E-state index contributed by atoms with van der Waals surface area (Å²) in [5.74, 6) is 0. The third-order valence-corrected chi connectivity index (χ3v) is 3.96. The van der Waals surface area contributed by atoms with Gasteiger partial charge in [0.1, 0.15) is 0 Å². The van der Waals surface area contributed by atoms with Gasteiger partial charge in [0, 0.05) is 39.9 Å². The van der Waals surface area contributed by atoms with Crippen molar-refractivity contribution < 1.29 is 4.74 Å². The highest BCUT2D eigenvalue weighted by Gasteiger charge is 2.41. The van der Waals surface area contributed by atoms with Crippen LogP contribution in [-0.4, -0.2) is 39.9 Å². The summed E-state index contributed by atoms with van der Waals surface area (Å²) in [5, 5.41) is 6.89. The van der Waals surface area contributed by atoms with Crippen LogP contribution in [0.4, 0.5) is 0 Å². The Kier molecular flexibility index (Phi) is 4.00. The van der Waals surface area contributed by atoms with Crippen molar-refractivity contribution in [3.8, 4) is 0 Å². The zero-order chi connectivity index (χ0) is 11.4. The average molecular weight is 224 g/mol. The highest BCUT2D eigenvalue weighted by Crippen LogP contribution is 2.48. The number of methoxy groups -OCH3 is 1. The summed E-state index contributed by atoms with van der Waals surface area (Å²) in [6.07, 6.45) is 3.97. The summed E-state index contributed by atoms with van der Waals surface area (Å²) in [6, 6.07) is 0. The molecule has 1 aliphatic heterocycles. The Bertz CT molecular complexity index is 263. The van der Waals surface area contributed by atoms with Crippen LogP contribution < -0.4 is 10.6 Å². The molecule has 2 fully saturated rings. The SMILES string of the molecule is COCCC1(CNCC(C)=C2CNC2)CC1. The smallest absolute Gasteiger partial charge is 0.0468 e. The van der Waals surface area contributed by atoms with Gasteiger partial charge in [-0.3, -0.25) is 0 Å². The van der Waals surface area contributed by atoms with Crippen LogP contribution in [0.3, 0.4) is 0 Å². The van der Waals surface area contributed by atoms with Gasteiger partial charge in [-0.2, -0.15) is 0 Å². The van der Waals surface area contributed by atoms with E-state index in [4.69, 9.17) is 4.74 Å². The molecule has 0 atom stereocenters. The second kappa shape index (κ2) is 5.30. The first-order valence-electron chi connectivity index (χ1n) is 6.34. The Morgan fingerprint density at radius 2 is 2.19 bits per heavy atom. The Morgan fingerprint density at radius 3 is 2.69 bits per heavy atom. The molecule has 1 saturated carbocycles. The fourth-order valence-corrected chi connectivity index (χ4v) is 2.20. The van der Waals surface area contributed by atoms with Crippen LogP contribution in [0.5, 0.6) is 0 Å². The van der Waals surface area contributed by atoms with Crippen LogP contribution in [0.25, 0.3) is 0 Å². The van der Waals surface area contributed by atoms with E-state index in [-0.39, 0.29) is 0 Å². The van der Waals surface area contributed by atoms with Crippen LogP contribution >= 0.6 is 0 Å². The monoisotopic (exact) mass is 224 g/mol. The molecule has 1 aliphatic carbocycles. The highest BCUT2D eigenvalue weighted by atomic mass is 16.5. The summed E-state index contributed by atoms with van der Waals surface area (Å²) in [6.45, 7) is 7.58. The molecule has 0 unspecified atom stereocenters. The molecule has 16 heavy (non-hydrogen) atoms. The maximum Gasteiger partial charge on any atom is 0.0468 e. The molecule has 0 bridgehead atoms. The first-order valence-corrected chi connectivity index (χ1v) is 6.34. The number of hydrogen-bond acceptors (Lipinski definition) is 3. The van der Waals surface area contributed by atoms with E-state index in [9.17, 15) is 0 Å². The molecular formula is C13H24N2O. The maximum atomic E-state index is 5.16. The number of ether oxygens (including phenoxy) is 1. The minimum Gasteiger partial charge on any atom is -0.385 e. The third-order valence-electron chi connectivity index (χ3n) is 3.96. The number of nitrogens with one attached hydrogen (secondary N) is 2. The van der Waals surface area contributed by atoms with Gasteiger partial charge in [0.15, 0.2) is 0 Å². The molecule has 2 N–H and O–H groups in total. The van der Waals surface area contributed by atoms with Gasteiger partial charge in [-0.25, -0.2) is 0 Å². The minimum absolute atomic E-state index is 0.568. The van der Waals surface area contributed by atoms with Crippen LogP contribution in [-0.2, 0) is 4.74 Å². The lowest BCUT2D eigenvalue weighted by Gasteiger charge is -2.23. The molecule has 0 radical (unpaired) electrons. The summed E-state index contributed by atoms with van der Waals surface area (Å²) in [7, 11) is 1.79. The fourth-order valence-electron chi connectivity index (χ4n) is 2.20. The van der Waals surface area contributed by atoms with Gasteiger partial charge in [-0.05, 0) is 37.2 Å². The number of hydrogen-bond donors (Lipinski definition) is 2. The summed E-state index contributed by atoms with van der Waals surface area (Å²) in [5.41, 5.74) is 3.69. The van der Waals surface area contributed by atoms with Gasteiger partial charge < -0.3 is 15.4 Å². The van der Waals surface area contributed by atoms with Crippen molar-refractivity contribution in [2.75, 3.05) is 39.9 Å². The lowest BCUT2D eigenvalue weighted by Crippen LogP contribution is -2.36. The molecule has 0 spiro atoms. The van der Waals surface area contributed by atoms with E-state index in [1.807, 2.05) is 0 Å². The van der Waals surface area contributed by atoms with Crippen LogP contribution in [0.1, 0.15) is 26.2 Å². The van der Waals surface area contributed by atoms with E-state index in [1.54, 1.807) is 12.7 Å². The van der Waals surface area contributed by atoms with Crippen LogP contribution in [0.2, 0.25) is 0 Å². The topological polar surface area (TPSA) is 33.3 Å². The van der Waals surface area contributed by atoms with E-state index in [1.165, 1.54) is 24.8 Å². The third kappa shape index (κ3) is 3.06. The van der Waals surface area contributed by atoms with Gasteiger partial charge in [0.25, 0.3) is 0 Å². The maximum absolute atomic E-state index is 5.16. The van der Waals surface area contributed by atoms with Gasteiger partial charge in [-0.15, -0.1) is 0 Å². The molecule has 2 rings (SSSR count). The van der Waals surface area contributed by atoms with Crippen molar-refractivity contribution in [3.63, 3.8) is 0 Å². The van der Waals surface area contributed by atoms with E-state index in [0.29, 0.717) is 5.41 Å². The largest absolute Gasteiger partial charge is 0.385 e. The van der Waals surface area contributed by atoms with Crippen molar-refractivity contribution in [1.82, 2.24) is 10.6 Å². The van der Waals surface area contributed by atoms with Crippen molar-refractivity contribution in [1.29, 1.82) is 0 Å². The molecule has 0 amide bonds. The van der Waals surface area contributed by atoms with E-state index >= 15 is 0 Å². The highest BCUT2D eigenvalue weighted by molar-refractivity contribution is 5.22. The molecule has 0 aromatic rings. The normalized spacial score (nSPS) is 21.8. The van der Waals surface area contributed by atoms with E-state index < -0.39 is 0 Å². The predicted molar refractivity (Wildman–Crippen MR) is 66.6 cm³/mol. The second-order valence-electron chi connectivity index (χ2n) is 5.33. The molecule has 3 heteroatoms. The van der Waals surface area contributed by atoms with Gasteiger partial charge in [0.05, 0.1) is 0 Å². The molecule has 1 saturated heterocycles. The molecule has 1 heterocycles. The Balaban J connectivity index is 1.64. The predicted octanol–water partition coefficient (Wildman–Crippen LogP) is 1.31. The first-order chi connectivity index (χ1) is 7.76. The summed E-state index contributed by atoms with van der Waals surface area (Å²) >= 11 is 0. The Morgan fingerprint density at radius 1 is 1.44 bits per heavy atom. The summed E-state index contributed by atoms with van der Waals surface area (Å²) in [4.78, 5) is 0. The first kappa shape index (κ1) is 12.1. The van der Waals surface area contributed by atoms with Crippen molar-refractivity contribution >= 4 is 0 Å². The van der Waals surface area contributed by atoms with Crippen LogP contribution in [0.15, 0.2) is 11.1 Å². The molecule has 3 nitrogen and oxygen atoms in total. The Labute approximate surface area is 98.6 Å².